The number of aromatic nitrogens is 1. The van der Waals surface area contributed by atoms with Gasteiger partial charge in [0.1, 0.15) is 36.4 Å². The number of rotatable bonds is 12. The Morgan fingerprint density at radius 2 is 1.74 bits per heavy atom. The lowest BCUT2D eigenvalue weighted by atomic mass is 9.99. The molecule has 0 saturated carbocycles. The SMILES string of the molecule is COC(=O)[C@H]1O[C@@H](Oc2c[nH]c3cc(Br)c(OCCOCCOCCO)c(Br)c23)[C@H](O)[C@@H](O)[C@@H]1O. The number of ether oxygens (including phenoxy) is 6. The Kier molecular flexibility index (Phi) is 10.6. The van der Waals surface area contributed by atoms with E-state index in [4.69, 9.17) is 28.8 Å². The molecule has 35 heavy (non-hydrogen) atoms. The van der Waals surface area contributed by atoms with Crippen molar-refractivity contribution >= 4 is 48.7 Å². The van der Waals surface area contributed by atoms with E-state index in [2.05, 4.69) is 41.6 Å². The van der Waals surface area contributed by atoms with E-state index in [1.54, 1.807) is 6.07 Å². The molecule has 0 radical (unpaired) electrons. The Balaban J connectivity index is 1.71. The molecule has 2 aromatic rings. The van der Waals surface area contributed by atoms with Crippen molar-refractivity contribution in [2.75, 3.05) is 46.8 Å². The number of benzene rings is 1. The molecule has 3 rings (SSSR count). The van der Waals surface area contributed by atoms with Crippen LogP contribution in [0.3, 0.4) is 0 Å². The van der Waals surface area contributed by atoms with Crippen LogP contribution in [0.4, 0.5) is 0 Å². The summed E-state index contributed by atoms with van der Waals surface area (Å²) in [5.41, 5.74) is 0.652. The summed E-state index contributed by atoms with van der Waals surface area (Å²) < 4.78 is 33.4. The number of esters is 1. The molecular formula is C21H27Br2NO11. The zero-order valence-electron chi connectivity index (χ0n) is 18.7. The lowest BCUT2D eigenvalue weighted by molar-refractivity contribution is -0.271. The largest absolute Gasteiger partial charge is 0.489 e. The molecule has 2 heterocycles. The first-order valence-electron chi connectivity index (χ1n) is 10.6. The van der Waals surface area contributed by atoms with Crippen molar-refractivity contribution in [3.8, 4) is 11.5 Å². The van der Waals surface area contributed by atoms with Crippen molar-refractivity contribution in [2.24, 2.45) is 0 Å². The van der Waals surface area contributed by atoms with Crippen LogP contribution in [0.25, 0.3) is 10.9 Å². The van der Waals surface area contributed by atoms with Crippen LogP contribution in [-0.2, 0) is 23.7 Å². The molecule has 0 spiro atoms. The Labute approximate surface area is 217 Å². The Bertz CT molecular complexity index is 988. The van der Waals surface area contributed by atoms with E-state index in [9.17, 15) is 20.1 Å². The molecule has 1 aromatic heterocycles. The molecule has 196 valence electrons. The van der Waals surface area contributed by atoms with Gasteiger partial charge in [-0.05, 0) is 37.9 Å². The van der Waals surface area contributed by atoms with E-state index in [0.29, 0.717) is 45.4 Å². The normalized spacial score (nSPS) is 24.5. The quantitative estimate of drug-likeness (QED) is 0.163. The van der Waals surface area contributed by atoms with Gasteiger partial charge < -0.3 is 53.8 Å². The third-order valence-corrected chi connectivity index (χ3v) is 6.45. The minimum atomic E-state index is -1.70. The van der Waals surface area contributed by atoms with Gasteiger partial charge in [-0.3, -0.25) is 0 Å². The van der Waals surface area contributed by atoms with E-state index >= 15 is 0 Å². The first-order valence-corrected chi connectivity index (χ1v) is 12.2. The van der Waals surface area contributed by atoms with Gasteiger partial charge in [-0.15, -0.1) is 0 Å². The van der Waals surface area contributed by atoms with Gasteiger partial charge in [0, 0.05) is 6.20 Å². The van der Waals surface area contributed by atoms with E-state index < -0.39 is 36.7 Å². The highest BCUT2D eigenvalue weighted by Gasteiger charge is 2.48. The first kappa shape index (κ1) is 28.1. The number of aromatic amines is 1. The summed E-state index contributed by atoms with van der Waals surface area (Å²) in [5, 5.41) is 39.8. The fourth-order valence-corrected chi connectivity index (χ4v) is 4.91. The van der Waals surface area contributed by atoms with Crippen LogP contribution in [0, 0.1) is 0 Å². The van der Waals surface area contributed by atoms with E-state index in [-0.39, 0.29) is 25.6 Å². The van der Waals surface area contributed by atoms with Crippen LogP contribution in [0.15, 0.2) is 21.2 Å². The molecule has 5 N–H and O–H groups in total. The standard InChI is InChI=1S/C21H27Br2NO11/c1-30-20(29)19-16(27)15(26)17(28)21(35-19)34-12-9-24-11-8-10(22)18(14(23)13(11)12)33-7-6-32-5-4-31-3-2-25/h8-9,15-17,19,21,24-28H,2-7H2,1H3/t15-,16-,17+,19-,21+/m0/s1. The summed E-state index contributed by atoms with van der Waals surface area (Å²) in [7, 11) is 1.11. The minimum Gasteiger partial charge on any atom is -0.489 e. The number of aliphatic hydroxyl groups is 4. The monoisotopic (exact) mass is 627 g/mol. The molecule has 0 bridgehead atoms. The zero-order chi connectivity index (χ0) is 25.5. The van der Waals surface area contributed by atoms with Gasteiger partial charge in [-0.2, -0.15) is 0 Å². The minimum absolute atomic E-state index is 0.0429. The second-order valence-corrected chi connectivity index (χ2v) is 9.06. The fourth-order valence-electron chi connectivity index (χ4n) is 3.37. The average molecular weight is 629 g/mol. The summed E-state index contributed by atoms with van der Waals surface area (Å²) >= 11 is 6.98. The zero-order valence-corrected chi connectivity index (χ0v) is 21.9. The number of carbonyl (C=O) groups excluding carboxylic acids is 1. The van der Waals surface area contributed by atoms with Crippen molar-refractivity contribution in [3.63, 3.8) is 0 Å². The molecule has 0 amide bonds. The lowest BCUT2D eigenvalue weighted by Gasteiger charge is -2.38. The van der Waals surface area contributed by atoms with Gasteiger partial charge in [0.05, 0.1) is 60.0 Å². The maximum absolute atomic E-state index is 11.9. The highest BCUT2D eigenvalue weighted by molar-refractivity contribution is 9.11. The van der Waals surface area contributed by atoms with Crippen molar-refractivity contribution in [1.82, 2.24) is 4.98 Å². The maximum Gasteiger partial charge on any atom is 0.337 e. The summed E-state index contributed by atoms with van der Waals surface area (Å²) in [4.78, 5) is 15.0. The number of aliphatic hydroxyl groups excluding tert-OH is 4. The number of hydrogen-bond donors (Lipinski definition) is 5. The smallest absolute Gasteiger partial charge is 0.337 e. The molecule has 1 fully saturated rings. The van der Waals surface area contributed by atoms with Crippen LogP contribution < -0.4 is 9.47 Å². The fraction of sp³-hybridized carbons (Fsp3) is 0.571. The average Bonchev–Trinajstić information content (AvgIpc) is 3.24. The van der Waals surface area contributed by atoms with E-state index in [1.807, 2.05) is 0 Å². The van der Waals surface area contributed by atoms with Gasteiger partial charge in [0.15, 0.2) is 6.10 Å². The number of hydrogen-bond acceptors (Lipinski definition) is 11. The van der Waals surface area contributed by atoms with E-state index in [0.717, 1.165) is 7.11 Å². The number of carbonyl (C=O) groups is 1. The lowest BCUT2D eigenvalue weighted by Crippen LogP contribution is -2.61. The van der Waals surface area contributed by atoms with Gasteiger partial charge in [-0.1, -0.05) is 0 Å². The van der Waals surface area contributed by atoms with Gasteiger partial charge in [0.25, 0.3) is 0 Å². The molecule has 12 nitrogen and oxygen atoms in total. The highest BCUT2D eigenvalue weighted by Crippen LogP contribution is 2.44. The van der Waals surface area contributed by atoms with Gasteiger partial charge >= 0.3 is 5.97 Å². The van der Waals surface area contributed by atoms with Crippen LogP contribution >= 0.6 is 31.9 Å². The maximum atomic E-state index is 11.9. The number of nitrogens with one attached hydrogen (secondary N) is 1. The molecule has 14 heteroatoms. The number of halogens is 2. The Morgan fingerprint density at radius 1 is 1.06 bits per heavy atom. The Hall–Kier alpha value is -1.49. The van der Waals surface area contributed by atoms with E-state index in [1.165, 1.54) is 6.20 Å². The molecule has 0 aliphatic carbocycles. The topological polar surface area (TPSA) is 169 Å². The van der Waals surface area contributed by atoms with Gasteiger partial charge in [0.2, 0.25) is 6.29 Å². The number of methoxy groups -OCH3 is 1. The molecule has 5 atom stereocenters. The van der Waals surface area contributed by atoms with Crippen molar-refractivity contribution in [2.45, 2.75) is 30.7 Å². The highest BCUT2D eigenvalue weighted by atomic mass is 79.9. The molecular weight excluding hydrogens is 602 g/mol. The van der Waals surface area contributed by atoms with Gasteiger partial charge in [-0.25, -0.2) is 4.79 Å². The van der Waals surface area contributed by atoms with Crippen molar-refractivity contribution < 1.29 is 53.6 Å². The second kappa shape index (κ2) is 13.2. The summed E-state index contributed by atoms with van der Waals surface area (Å²) in [6.07, 6.45) is -6.53. The number of H-pyrrole nitrogens is 1. The predicted molar refractivity (Wildman–Crippen MR) is 127 cm³/mol. The van der Waals surface area contributed by atoms with Crippen LogP contribution in [0.5, 0.6) is 11.5 Å². The van der Waals surface area contributed by atoms with Crippen LogP contribution in [0.2, 0.25) is 0 Å². The molecule has 0 unspecified atom stereocenters. The summed E-state index contributed by atoms with van der Waals surface area (Å²) in [6.45, 7) is 1.47. The van der Waals surface area contributed by atoms with Crippen molar-refractivity contribution in [1.29, 1.82) is 0 Å². The third-order valence-electron chi connectivity index (χ3n) is 5.11. The second-order valence-electron chi connectivity index (χ2n) is 7.41. The summed E-state index contributed by atoms with van der Waals surface area (Å²) in [6, 6.07) is 1.76. The molecule has 1 saturated heterocycles. The number of fused-ring (bicyclic) bond motifs is 1. The van der Waals surface area contributed by atoms with Crippen molar-refractivity contribution in [3.05, 3.63) is 21.2 Å². The molecule has 1 aliphatic heterocycles. The first-order chi connectivity index (χ1) is 16.8. The third kappa shape index (κ3) is 6.64. The molecule has 1 aliphatic rings. The predicted octanol–water partition coefficient (Wildman–Crippen LogP) is 0.457. The Morgan fingerprint density at radius 3 is 2.43 bits per heavy atom. The molecule has 1 aromatic carbocycles. The van der Waals surface area contributed by atoms with Crippen LogP contribution in [0.1, 0.15) is 0 Å². The van der Waals surface area contributed by atoms with Crippen LogP contribution in [-0.4, -0.2) is 109 Å². The summed E-state index contributed by atoms with van der Waals surface area (Å²) in [5.74, 6) is -0.216.